The minimum atomic E-state index is 0.376. The predicted molar refractivity (Wildman–Crippen MR) is 82.8 cm³/mol. The number of hydrogen-bond acceptors (Lipinski definition) is 5. The standard InChI is InChI=1S/C14H22BrN3O2/c1-2-8-20-14-10-13(16-11-17-14)18-6-3-12(4-7-18)19-9-5-15/h10-12H,2-9H2,1H3. The normalized spacial score (nSPS) is 16.4. The lowest BCUT2D eigenvalue weighted by Crippen LogP contribution is -2.37. The van der Waals surface area contributed by atoms with Gasteiger partial charge in [-0.25, -0.2) is 9.97 Å². The van der Waals surface area contributed by atoms with Crippen molar-refractivity contribution < 1.29 is 9.47 Å². The van der Waals surface area contributed by atoms with Crippen molar-refractivity contribution in [3.8, 4) is 5.88 Å². The van der Waals surface area contributed by atoms with Crippen LogP contribution >= 0.6 is 15.9 Å². The van der Waals surface area contributed by atoms with Gasteiger partial charge in [-0.2, -0.15) is 0 Å². The SMILES string of the molecule is CCCOc1cc(N2CCC(OCCBr)CC2)ncn1. The van der Waals surface area contributed by atoms with Gasteiger partial charge >= 0.3 is 0 Å². The van der Waals surface area contributed by atoms with Gasteiger partial charge in [0, 0.05) is 24.5 Å². The molecule has 2 rings (SSSR count). The zero-order chi connectivity index (χ0) is 14.2. The maximum absolute atomic E-state index is 5.76. The van der Waals surface area contributed by atoms with Crippen LogP contribution in [0.5, 0.6) is 5.88 Å². The third-order valence-corrected chi connectivity index (χ3v) is 3.60. The Morgan fingerprint density at radius 2 is 2.10 bits per heavy atom. The Kier molecular flexibility index (Phi) is 6.53. The van der Waals surface area contributed by atoms with E-state index in [-0.39, 0.29) is 0 Å². The molecule has 0 unspecified atom stereocenters. The first kappa shape index (κ1) is 15.5. The van der Waals surface area contributed by atoms with Crippen molar-refractivity contribution in [2.75, 3.05) is 36.5 Å². The summed E-state index contributed by atoms with van der Waals surface area (Å²) >= 11 is 3.39. The van der Waals surface area contributed by atoms with E-state index in [1.807, 2.05) is 6.07 Å². The zero-order valence-corrected chi connectivity index (χ0v) is 13.5. The molecule has 0 saturated carbocycles. The summed E-state index contributed by atoms with van der Waals surface area (Å²) in [4.78, 5) is 10.8. The largest absolute Gasteiger partial charge is 0.478 e. The molecule has 0 radical (unpaired) electrons. The number of nitrogens with zero attached hydrogens (tertiary/aromatic N) is 3. The van der Waals surface area contributed by atoms with Crippen LogP contribution in [0, 0.1) is 0 Å². The quantitative estimate of drug-likeness (QED) is 0.712. The summed E-state index contributed by atoms with van der Waals surface area (Å²) in [7, 11) is 0. The number of rotatable bonds is 7. The highest BCUT2D eigenvalue weighted by atomic mass is 79.9. The molecule has 20 heavy (non-hydrogen) atoms. The average molecular weight is 344 g/mol. The van der Waals surface area contributed by atoms with Gasteiger partial charge in [-0.05, 0) is 19.3 Å². The lowest BCUT2D eigenvalue weighted by atomic mass is 10.1. The van der Waals surface area contributed by atoms with Crippen molar-refractivity contribution in [2.24, 2.45) is 0 Å². The minimum Gasteiger partial charge on any atom is -0.478 e. The molecule has 1 fully saturated rings. The maximum atomic E-state index is 5.76. The summed E-state index contributed by atoms with van der Waals surface area (Å²) in [5.41, 5.74) is 0. The van der Waals surface area contributed by atoms with E-state index in [1.54, 1.807) is 6.33 Å². The molecule has 1 aromatic heterocycles. The number of piperidine rings is 1. The third kappa shape index (κ3) is 4.59. The fourth-order valence-electron chi connectivity index (χ4n) is 2.25. The van der Waals surface area contributed by atoms with Crippen molar-refractivity contribution in [1.82, 2.24) is 9.97 Å². The summed E-state index contributed by atoms with van der Waals surface area (Å²) < 4.78 is 11.3. The van der Waals surface area contributed by atoms with E-state index in [0.717, 1.165) is 50.1 Å². The number of halogens is 1. The van der Waals surface area contributed by atoms with Crippen LogP contribution in [0.2, 0.25) is 0 Å². The molecule has 0 bridgehead atoms. The Morgan fingerprint density at radius 3 is 2.80 bits per heavy atom. The Bertz CT molecular complexity index is 398. The van der Waals surface area contributed by atoms with Gasteiger partial charge in [0.25, 0.3) is 0 Å². The summed E-state index contributed by atoms with van der Waals surface area (Å²) in [6.45, 7) is 5.50. The van der Waals surface area contributed by atoms with E-state index in [4.69, 9.17) is 9.47 Å². The summed E-state index contributed by atoms with van der Waals surface area (Å²) in [5, 5.41) is 0.900. The van der Waals surface area contributed by atoms with Gasteiger partial charge in [0.2, 0.25) is 5.88 Å². The van der Waals surface area contributed by atoms with Crippen LogP contribution in [-0.2, 0) is 4.74 Å². The first-order chi connectivity index (χ1) is 9.83. The Balaban J connectivity index is 1.86. The van der Waals surface area contributed by atoms with Gasteiger partial charge in [0.15, 0.2) is 0 Å². The van der Waals surface area contributed by atoms with Crippen molar-refractivity contribution in [2.45, 2.75) is 32.3 Å². The van der Waals surface area contributed by atoms with E-state index < -0.39 is 0 Å². The molecule has 1 saturated heterocycles. The highest BCUT2D eigenvalue weighted by molar-refractivity contribution is 9.09. The van der Waals surface area contributed by atoms with Gasteiger partial charge in [-0.15, -0.1) is 0 Å². The van der Waals surface area contributed by atoms with Gasteiger partial charge in [0.05, 0.1) is 19.3 Å². The van der Waals surface area contributed by atoms with E-state index in [2.05, 4.69) is 37.7 Å². The number of aromatic nitrogens is 2. The Morgan fingerprint density at radius 1 is 1.30 bits per heavy atom. The molecule has 0 aromatic carbocycles. The first-order valence-corrected chi connectivity index (χ1v) is 8.33. The summed E-state index contributed by atoms with van der Waals surface area (Å²) in [6.07, 6.45) is 5.02. The molecular weight excluding hydrogens is 322 g/mol. The van der Waals surface area contributed by atoms with Crippen LogP contribution in [0.1, 0.15) is 26.2 Å². The molecule has 5 nitrogen and oxygen atoms in total. The Hall–Kier alpha value is -0.880. The van der Waals surface area contributed by atoms with Crippen molar-refractivity contribution in [1.29, 1.82) is 0 Å². The molecule has 2 heterocycles. The van der Waals surface area contributed by atoms with E-state index in [9.17, 15) is 0 Å². The predicted octanol–water partition coefficient (Wildman–Crippen LogP) is 2.65. The third-order valence-electron chi connectivity index (χ3n) is 3.28. The number of hydrogen-bond donors (Lipinski definition) is 0. The fourth-order valence-corrected chi connectivity index (χ4v) is 2.44. The lowest BCUT2D eigenvalue weighted by Gasteiger charge is -2.32. The van der Waals surface area contributed by atoms with Crippen molar-refractivity contribution in [3.05, 3.63) is 12.4 Å². The minimum absolute atomic E-state index is 0.376. The highest BCUT2D eigenvalue weighted by Crippen LogP contribution is 2.21. The van der Waals surface area contributed by atoms with Crippen LogP contribution in [0.3, 0.4) is 0 Å². The average Bonchev–Trinajstić information content (AvgIpc) is 2.52. The van der Waals surface area contributed by atoms with Gasteiger partial charge in [-0.3, -0.25) is 0 Å². The summed E-state index contributed by atoms with van der Waals surface area (Å²) in [5.74, 6) is 1.61. The number of anilines is 1. The molecule has 0 atom stereocenters. The molecular formula is C14H22BrN3O2. The van der Waals surface area contributed by atoms with Crippen molar-refractivity contribution >= 4 is 21.7 Å². The molecule has 6 heteroatoms. The molecule has 112 valence electrons. The smallest absolute Gasteiger partial charge is 0.218 e. The fraction of sp³-hybridized carbons (Fsp3) is 0.714. The second-order valence-electron chi connectivity index (χ2n) is 4.81. The molecule has 0 N–H and O–H groups in total. The molecule has 1 aromatic rings. The zero-order valence-electron chi connectivity index (χ0n) is 11.9. The van der Waals surface area contributed by atoms with E-state index in [0.29, 0.717) is 18.6 Å². The molecule has 1 aliphatic heterocycles. The molecule has 0 spiro atoms. The van der Waals surface area contributed by atoms with Crippen molar-refractivity contribution in [3.63, 3.8) is 0 Å². The van der Waals surface area contributed by atoms with Crippen LogP contribution < -0.4 is 9.64 Å². The molecule has 0 amide bonds. The van der Waals surface area contributed by atoms with Gasteiger partial charge in [0.1, 0.15) is 12.1 Å². The van der Waals surface area contributed by atoms with Gasteiger partial charge in [-0.1, -0.05) is 22.9 Å². The maximum Gasteiger partial charge on any atom is 0.218 e. The number of ether oxygens (including phenoxy) is 2. The molecule has 0 aliphatic carbocycles. The molecule has 1 aliphatic rings. The van der Waals surface area contributed by atoms with E-state index in [1.165, 1.54) is 0 Å². The second-order valence-corrected chi connectivity index (χ2v) is 5.60. The number of alkyl halides is 1. The van der Waals surface area contributed by atoms with Crippen LogP contribution in [-0.4, -0.2) is 47.7 Å². The topological polar surface area (TPSA) is 47.5 Å². The second kappa shape index (κ2) is 8.42. The van der Waals surface area contributed by atoms with Gasteiger partial charge < -0.3 is 14.4 Å². The first-order valence-electron chi connectivity index (χ1n) is 7.21. The van der Waals surface area contributed by atoms with Crippen LogP contribution in [0.15, 0.2) is 12.4 Å². The monoisotopic (exact) mass is 343 g/mol. The highest BCUT2D eigenvalue weighted by Gasteiger charge is 2.20. The Labute approximate surface area is 128 Å². The van der Waals surface area contributed by atoms with Crippen LogP contribution in [0.4, 0.5) is 5.82 Å². The van der Waals surface area contributed by atoms with E-state index >= 15 is 0 Å². The summed E-state index contributed by atoms with van der Waals surface area (Å²) in [6, 6.07) is 1.93. The van der Waals surface area contributed by atoms with Crippen LogP contribution in [0.25, 0.3) is 0 Å². The lowest BCUT2D eigenvalue weighted by molar-refractivity contribution is 0.0480.